The molecule has 0 N–H and O–H groups in total. The van der Waals surface area contributed by atoms with Crippen LogP contribution in [-0.4, -0.2) is 26.7 Å². The van der Waals surface area contributed by atoms with Crippen LogP contribution < -0.4 is 0 Å². The lowest BCUT2D eigenvalue weighted by Crippen LogP contribution is -2.25. The molecule has 0 spiro atoms. The Morgan fingerprint density at radius 2 is 2.19 bits per heavy atom. The van der Waals surface area contributed by atoms with Crippen LogP contribution >= 0.6 is 11.6 Å². The second-order valence-electron chi connectivity index (χ2n) is 4.39. The van der Waals surface area contributed by atoms with Gasteiger partial charge in [-0.3, -0.25) is 4.79 Å². The van der Waals surface area contributed by atoms with Crippen LogP contribution in [0.15, 0.2) is 12.3 Å². The number of fused-ring (bicyclic) bond motifs is 1. The Hall–Kier alpha value is -1.83. The topological polar surface area (TPSA) is 57.0 Å². The molecule has 1 atom stereocenters. The van der Waals surface area contributed by atoms with Gasteiger partial charge in [0.15, 0.2) is 0 Å². The Morgan fingerprint density at radius 1 is 1.52 bits per heavy atom. The molecule has 0 saturated heterocycles. The van der Waals surface area contributed by atoms with Gasteiger partial charge < -0.3 is 9.30 Å². The molecular formula is C12H11ClF3N3O2. The zero-order valence-electron chi connectivity index (χ0n) is 11.1. The Bertz CT molecular complexity index is 684. The summed E-state index contributed by atoms with van der Waals surface area (Å²) in [6, 6.07) is -0.546. The van der Waals surface area contributed by atoms with E-state index in [-0.39, 0.29) is 28.6 Å². The summed E-state index contributed by atoms with van der Waals surface area (Å²) < 4.78 is 44.7. The zero-order valence-corrected chi connectivity index (χ0v) is 11.9. The highest BCUT2D eigenvalue weighted by Crippen LogP contribution is 2.34. The Kier molecular flexibility index (Phi) is 4.08. The second-order valence-corrected chi connectivity index (χ2v) is 4.78. The average Bonchev–Trinajstić information content (AvgIpc) is 2.71. The van der Waals surface area contributed by atoms with Gasteiger partial charge in [0, 0.05) is 13.0 Å². The van der Waals surface area contributed by atoms with Crippen molar-refractivity contribution in [2.24, 2.45) is 0 Å². The fraction of sp³-hybridized carbons (Fsp3) is 0.417. The molecule has 2 rings (SSSR count). The summed E-state index contributed by atoms with van der Waals surface area (Å²) in [5.41, 5.74) is 0.430. The number of carbonyl (C=O) groups is 1. The van der Waals surface area contributed by atoms with E-state index in [9.17, 15) is 18.0 Å². The van der Waals surface area contributed by atoms with Crippen LogP contribution in [0.25, 0.3) is 11.0 Å². The molecule has 5 nitrogen and oxygen atoms in total. The SMILES string of the molecule is CC(=O)OCc1nc2cnc(Cl)cc2n1[C@@H](C)C(F)(F)F. The van der Waals surface area contributed by atoms with Gasteiger partial charge in [-0.05, 0) is 6.92 Å². The number of hydrogen-bond donors (Lipinski definition) is 0. The van der Waals surface area contributed by atoms with Gasteiger partial charge in [-0.1, -0.05) is 11.6 Å². The minimum Gasteiger partial charge on any atom is -0.458 e. The van der Waals surface area contributed by atoms with Gasteiger partial charge in [0.2, 0.25) is 0 Å². The number of nitrogens with zero attached hydrogens (tertiary/aromatic N) is 3. The van der Waals surface area contributed by atoms with Crippen molar-refractivity contribution in [1.82, 2.24) is 14.5 Å². The number of rotatable bonds is 3. The van der Waals surface area contributed by atoms with Gasteiger partial charge in [0.05, 0.1) is 11.7 Å². The smallest absolute Gasteiger partial charge is 0.408 e. The van der Waals surface area contributed by atoms with Crippen molar-refractivity contribution >= 4 is 28.6 Å². The predicted molar refractivity (Wildman–Crippen MR) is 68.8 cm³/mol. The van der Waals surface area contributed by atoms with Gasteiger partial charge in [-0.25, -0.2) is 9.97 Å². The van der Waals surface area contributed by atoms with Gasteiger partial charge >= 0.3 is 12.1 Å². The summed E-state index contributed by atoms with van der Waals surface area (Å²) in [6.07, 6.45) is -3.21. The molecule has 0 fully saturated rings. The molecule has 0 radical (unpaired) electrons. The van der Waals surface area contributed by atoms with Gasteiger partial charge in [-0.15, -0.1) is 0 Å². The van der Waals surface area contributed by atoms with Crippen molar-refractivity contribution in [2.45, 2.75) is 32.7 Å². The van der Waals surface area contributed by atoms with Crippen molar-refractivity contribution in [3.8, 4) is 0 Å². The van der Waals surface area contributed by atoms with Crippen molar-refractivity contribution in [2.75, 3.05) is 0 Å². The maximum Gasteiger partial charge on any atom is 0.408 e. The number of imidazole rings is 1. The van der Waals surface area contributed by atoms with Crippen LogP contribution in [0.5, 0.6) is 0 Å². The quantitative estimate of drug-likeness (QED) is 0.643. The Morgan fingerprint density at radius 3 is 2.76 bits per heavy atom. The van der Waals surface area contributed by atoms with Gasteiger partial charge in [0.1, 0.15) is 29.1 Å². The van der Waals surface area contributed by atoms with Crippen molar-refractivity contribution in [1.29, 1.82) is 0 Å². The lowest BCUT2D eigenvalue weighted by molar-refractivity contribution is -0.163. The molecule has 2 aromatic rings. The predicted octanol–water partition coefficient (Wildman–Crippen LogP) is 3.27. The molecule has 2 aromatic heterocycles. The monoisotopic (exact) mass is 321 g/mol. The van der Waals surface area contributed by atoms with Crippen molar-refractivity contribution in [3.05, 3.63) is 23.2 Å². The summed E-state index contributed by atoms with van der Waals surface area (Å²) in [5, 5.41) is 0.0528. The number of hydrogen-bond acceptors (Lipinski definition) is 4. The molecular weight excluding hydrogens is 311 g/mol. The number of carbonyl (C=O) groups excluding carboxylic acids is 1. The van der Waals surface area contributed by atoms with E-state index in [1.54, 1.807) is 0 Å². The minimum atomic E-state index is -4.48. The molecule has 2 heterocycles. The standard InChI is InChI=1S/C12H11ClF3N3O2/c1-6(12(14,15)16)19-9-3-10(13)17-4-8(9)18-11(19)5-21-7(2)20/h3-4,6H,5H2,1-2H3/t6-/m0/s1. The number of esters is 1. The van der Waals surface area contributed by atoms with E-state index in [0.717, 1.165) is 11.5 Å². The van der Waals surface area contributed by atoms with E-state index in [4.69, 9.17) is 16.3 Å². The molecule has 21 heavy (non-hydrogen) atoms. The highest BCUT2D eigenvalue weighted by atomic mass is 35.5. The molecule has 0 aliphatic heterocycles. The van der Waals surface area contributed by atoms with Crippen LogP contribution in [-0.2, 0) is 16.1 Å². The van der Waals surface area contributed by atoms with E-state index in [2.05, 4.69) is 9.97 Å². The third-order valence-electron chi connectivity index (χ3n) is 2.88. The lowest BCUT2D eigenvalue weighted by atomic mass is 10.3. The van der Waals surface area contributed by atoms with Crippen LogP contribution in [0, 0.1) is 0 Å². The number of ether oxygens (including phenoxy) is 1. The van der Waals surface area contributed by atoms with E-state index in [1.807, 2.05) is 0 Å². The highest BCUT2D eigenvalue weighted by Gasteiger charge is 2.39. The first kappa shape index (κ1) is 15.6. The molecule has 0 saturated carbocycles. The third kappa shape index (κ3) is 3.26. The molecule has 0 aliphatic rings. The second kappa shape index (κ2) is 5.51. The number of aromatic nitrogens is 3. The Balaban J connectivity index is 2.58. The summed E-state index contributed by atoms with van der Waals surface area (Å²) in [5.74, 6) is -0.626. The van der Waals surface area contributed by atoms with Gasteiger partial charge in [-0.2, -0.15) is 13.2 Å². The summed E-state index contributed by atoms with van der Waals surface area (Å²) in [7, 11) is 0. The minimum absolute atomic E-state index is 0.0194. The lowest BCUT2D eigenvalue weighted by Gasteiger charge is -2.20. The van der Waals surface area contributed by atoms with Crippen molar-refractivity contribution in [3.63, 3.8) is 0 Å². The van der Waals surface area contributed by atoms with Crippen molar-refractivity contribution < 1.29 is 22.7 Å². The fourth-order valence-corrected chi connectivity index (χ4v) is 2.02. The normalized spacial score (nSPS) is 13.4. The molecule has 0 aromatic carbocycles. The third-order valence-corrected chi connectivity index (χ3v) is 3.09. The largest absolute Gasteiger partial charge is 0.458 e. The number of halogens is 4. The maximum absolute atomic E-state index is 13.0. The Labute approximate surface area is 122 Å². The first-order chi connectivity index (χ1) is 9.70. The molecule has 0 bridgehead atoms. The molecule has 0 unspecified atom stereocenters. The fourth-order valence-electron chi connectivity index (χ4n) is 1.87. The van der Waals surface area contributed by atoms with E-state index in [1.165, 1.54) is 19.2 Å². The first-order valence-electron chi connectivity index (χ1n) is 5.92. The van der Waals surface area contributed by atoms with Gasteiger partial charge in [0.25, 0.3) is 0 Å². The van der Waals surface area contributed by atoms with E-state index in [0.29, 0.717) is 0 Å². The zero-order chi connectivity index (χ0) is 15.8. The molecule has 0 amide bonds. The number of alkyl halides is 3. The molecule has 9 heteroatoms. The van der Waals surface area contributed by atoms with Crippen LogP contribution in [0.3, 0.4) is 0 Å². The maximum atomic E-state index is 13.0. The highest BCUT2D eigenvalue weighted by molar-refractivity contribution is 6.29. The summed E-state index contributed by atoms with van der Waals surface area (Å²) in [6.45, 7) is 1.80. The average molecular weight is 322 g/mol. The van der Waals surface area contributed by atoms with Crippen LogP contribution in [0.4, 0.5) is 13.2 Å². The molecule has 0 aliphatic carbocycles. The first-order valence-corrected chi connectivity index (χ1v) is 6.30. The van der Waals surface area contributed by atoms with Crippen LogP contribution in [0.2, 0.25) is 5.15 Å². The number of pyridine rings is 1. The van der Waals surface area contributed by atoms with Crippen LogP contribution in [0.1, 0.15) is 25.7 Å². The van der Waals surface area contributed by atoms with E-state index >= 15 is 0 Å². The summed E-state index contributed by atoms with van der Waals surface area (Å²) in [4.78, 5) is 18.7. The van der Waals surface area contributed by atoms with E-state index < -0.39 is 18.2 Å². The summed E-state index contributed by atoms with van der Waals surface area (Å²) >= 11 is 5.73. The molecule has 114 valence electrons.